The van der Waals surface area contributed by atoms with E-state index in [-0.39, 0.29) is 0 Å². The normalized spacial score (nSPS) is 21.7. The van der Waals surface area contributed by atoms with Crippen molar-refractivity contribution in [2.45, 2.75) is 65.0 Å². The molecule has 1 saturated carbocycles. The molecule has 0 aromatic heterocycles. The van der Waals surface area contributed by atoms with Crippen molar-refractivity contribution in [2.75, 3.05) is 11.9 Å². The summed E-state index contributed by atoms with van der Waals surface area (Å²) in [5.74, 6) is 0. The number of anilines is 1. The van der Waals surface area contributed by atoms with E-state index in [9.17, 15) is 4.79 Å². The van der Waals surface area contributed by atoms with Crippen molar-refractivity contribution in [3.8, 4) is 0 Å². The minimum atomic E-state index is -0.477. The second kappa shape index (κ2) is 5.82. The second-order valence-corrected chi connectivity index (χ2v) is 8.32. The van der Waals surface area contributed by atoms with Crippen LogP contribution in [0.2, 0.25) is 0 Å². The van der Waals surface area contributed by atoms with Gasteiger partial charge in [0.1, 0.15) is 5.60 Å². The number of carbonyl (C=O) groups excluding carboxylic acids is 1. The highest BCUT2D eigenvalue weighted by Crippen LogP contribution is 2.45. The quantitative estimate of drug-likeness (QED) is 0.865. The summed E-state index contributed by atoms with van der Waals surface area (Å²) in [6.07, 6.45) is 4.50. The van der Waals surface area contributed by atoms with Crippen LogP contribution in [0, 0.1) is 5.41 Å². The Labute approximate surface area is 139 Å². The lowest BCUT2D eigenvalue weighted by atomic mass is 10.1. The molecule has 1 fully saturated rings. The summed E-state index contributed by atoms with van der Waals surface area (Å²) in [6, 6.07) is 6.65. The Balaban J connectivity index is 1.60. The van der Waals surface area contributed by atoms with E-state index in [1.165, 1.54) is 24.0 Å². The minimum Gasteiger partial charge on any atom is -0.444 e. The fraction of sp³-hybridized carbons (Fsp3) is 0.632. The van der Waals surface area contributed by atoms with Crippen LogP contribution in [0.3, 0.4) is 0 Å². The van der Waals surface area contributed by atoms with Crippen molar-refractivity contribution in [1.82, 2.24) is 5.32 Å². The van der Waals surface area contributed by atoms with Crippen LogP contribution in [-0.4, -0.2) is 18.2 Å². The maximum atomic E-state index is 11.9. The van der Waals surface area contributed by atoms with Gasteiger partial charge in [0.2, 0.25) is 0 Å². The third-order valence-electron chi connectivity index (χ3n) is 4.74. The minimum absolute atomic E-state index is 0.396. The lowest BCUT2D eigenvalue weighted by Crippen LogP contribution is -2.27. The van der Waals surface area contributed by atoms with Crippen LogP contribution in [0.25, 0.3) is 0 Å². The molecule has 1 amide bonds. The molecule has 4 heteroatoms. The highest BCUT2D eigenvalue weighted by Gasteiger charge is 2.37. The zero-order chi connectivity index (χ0) is 16.7. The summed E-state index contributed by atoms with van der Waals surface area (Å²) in [5.41, 5.74) is 3.57. The number of hydrogen-bond donors (Lipinski definition) is 2. The van der Waals surface area contributed by atoms with E-state index in [0.29, 0.717) is 11.5 Å². The Hall–Kier alpha value is -1.55. The Kier molecular flexibility index (Phi) is 4.13. The highest BCUT2D eigenvalue weighted by molar-refractivity contribution is 5.85. The van der Waals surface area contributed by atoms with Crippen molar-refractivity contribution in [3.05, 3.63) is 29.3 Å². The van der Waals surface area contributed by atoms with Crippen LogP contribution in [0.1, 0.15) is 64.1 Å². The summed E-state index contributed by atoms with van der Waals surface area (Å²) >= 11 is 0. The molecule has 1 aromatic rings. The first-order valence-electron chi connectivity index (χ1n) is 8.60. The van der Waals surface area contributed by atoms with Gasteiger partial charge in [-0.25, -0.2) is 4.79 Å². The molecule has 0 radical (unpaired) electrons. The van der Waals surface area contributed by atoms with Gasteiger partial charge in [-0.3, -0.25) is 5.32 Å². The second-order valence-electron chi connectivity index (χ2n) is 8.32. The van der Waals surface area contributed by atoms with Crippen molar-refractivity contribution in [2.24, 2.45) is 5.41 Å². The SMILES string of the molecule is CC1(CNC2CCc3cc(NC(=O)OC(C)(C)C)ccc32)CC1. The Bertz CT molecular complexity index is 600. The number of fused-ring (bicyclic) bond motifs is 1. The van der Waals surface area contributed by atoms with Crippen molar-refractivity contribution >= 4 is 11.8 Å². The van der Waals surface area contributed by atoms with Gasteiger partial charge < -0.3 is 10.1 Å². The topological polar surface area (TPSA) is 50.4 Å². The van der Waals surface area contributed by atoms with Crippen LogP contribution in [0.15, 0.2) is 18.2 Å². The van der Waals surface area contributed by atoms with Crippen LogP contribution >= 0.6 is 0 Å². The molecule has 0 aliphatic heterocycles. The summed E-state index contributed by atoms with van der Waals surface area (Å²) in [6.45, 7) is 9.06. The predicted molar refractivity (Wildman–Crippen MR) is 92.7 cm³/mol. The molecule has 1 aromatic carbocycles. The number of rotatable bonds is 4. The van der Waals surface area contributed by atoms with Gasteiger partial charge in [-0.15, -0.1) is 0 Å². The van der Waals surface area contributed by atoms with Gasteiger partial charge in [0.05, 0.1) is 0 Å². The molecule has 3 rings (SSSR count). The summed E-state index contributed by atoms with van der Waals surface area (Å²) < 4.78 is 5.30. The zero-order valence-electron chi connectivity index (χ0n) is 14.7. The molecule has 23 heavy (non-hydrogen) atoms. The Morgan fingerprint density at radius 2 is 2.09 bits per heavy atom. The van der Waals surface area contributed by atoms with Crippen molar-refractivity contribution in [3.63, 3.8) is 0 Å². The monoisotopic (exact) mass is 316 g/mol. The molecule has 0 heterocycles. The number of amides is 1. The zero-order valence-corrected chi connectivity index (χ0v) is 14.7. The first-order chi connectivity index (χ1) is 10.7. The molecular formula is C19H28N2O2. The fourth-order valence-electron chi connectivity index (χ4n) is 3.09. The first-order valence-corrected chi connectivity index (χ1v) is 8.60. The average Bonchev–Trinajstić information content (AvgIpc) is 3.03. The van der Waals surface area contributed by atoms with E-state index in [0.717, 1.165) is 25.1 Å². The van der Waals surface area contributed by atoms with E-state index >= 15 is 0 Å². The van der Waals surface area contributed by atoms with E-state index in [1.807, 2.05) is 26.8 Å². The standard InChI is InChI=1S/C19H28N2O2/c1-18(2,3)23-17(22)21-14-6-7-15-13(11-14)5-8-16(15)20-12-19(4)9-10-19/h6-7,11,16,20H,5,8-10,12H2,1-4H3,(H,21,22). The van der Waals surface area contributed by atoms with Gasteiger partial charge in [-0.1, -0.05) is 13.0 Å². The van der Waals surface area contributed by atoms with Crippen molar-refractivity contribution < 1.29 is 9.53 Å². The Morgan fingerprint density at radius 1 is 1.35 bits per heavy atom. The fourth-order valence-corrected chi connectivity index (χ4v) is 3.09. The Morgan fingerprint density at radius 3 is 2.74 bits per heavy atom. The molecule has 2 aliphatic rings. The number of benzene rings is 1. The average molecular weight is 316 g/mol. The molecule has 4 nitrogen and oxygen atoms in total. The molecule has 1 atom stereocenters. The third kappa shape index (κ3) is 4.25. The predicted octanol–water partition coefficient (Wildman–Crippen LogP) is 4.41. The molecule has 0 saturated heterocycles. The van der Waals surface area contributed by atoms with Crippen LogP contribution < -0.4 is 10.6 Å². The van der Waals surface area contributed by atoms with Crippen molar-refractivity contribution in [1.29, 1.82) is 0 Å². The highest BCUT2D eigenvalue weighted by atomic mass is 16.6. The van der Waals surface area contributed by atoms with E-state index < -0.39 is 11.7 Å². The van der Waals surface area contributed by atoms with Gasteiger partial charge in [0, 0.05) is 18.3 Å². The molecule has 0 spiro atoms. The first kappa shape index (κ1) is 16.3. The number of carbonyl (C=O) groups is 1. The third-order valence-corrected chi connectivity index (χ3v) is 4.74. The molecule has 0 bridgehead atoms. The number of hydrogen-bond acceptors (Lipinski definition) is 3. The van der Waals surface area contributed by atoms with Gasteiger partial charge in [-0.2, -0.15) is 0 Å². The van der Waals surface area contributed by atoms with Gasteiger partial charge in [0.15, 0.2) is 0 Å². The molecule has 1 unspecified atom stereocenters. The largest absolute Gasteiger partial charge is 0.444 e. The smallest absolute Gasteiger partial charge is 0.412 e. The summed E-state index contributed by atoms with van der Waals surface area (Å²) in [4.78, 5) is 11.9. The maximum absolute atomic E-state index is 11.9. The molecule has 2 N–H and O–H groups in total. The lowest BCUT2D eigenvalue weighted by molar-refractivity contribution is 0.0636. The van der Waals surface area contributed by atoms with Gasteiger partial charge in [-0.05, 0) is 75.1 Å². The van der Waals surface area contributed by atoms with E-state index in [2.05, 4.69) is 29.7 Å². The van der Waals surface area contributed by atoms with Crippen LogP contribution in [0.5, 0.6) is 0 Å². The van der Waals surface area contributed by atoms with Crippen LogP contribution in [0.4, 0.5) is 10.5 Å². The maximum Gasteiger partial charge on any atom is 0.412 e. The number of aryl methyl sites for hydroxylation is 1. The molecule has 126 valence electrons. The molecular weight excluding hydrogens is 288 g/mol. The summed E-state index contributed by atoms with van der Waals surface area (Å²) in [7, 11) is 0. The van der Waals surface area contributed by atoms with Gasteiger partial charge >= 0.3 is 6.09 Å². The molecule has 2 aliphatic carbocycles. The van der Waals surface area contributed by atoms with E-state index in [1.54, 1.807) is 0 Å². The summed E-state index contributed by atoms with van der Waals surface area (Å²) in [5, 5.41) is 6.55. The van der Waals surface area contributed by atoms with Crippen LogP contribution in [-0.2, 0) is 11.2 Å². The lowest BCUT2D eigenvalue weighted by Gasteiger charge is -2.20. The van der Waals surface area contributed by atoms with Gasteiger partial charge in [0.25, 0.3) is 0 Å². The number of ether oxygens (including phenoxy) is 1. The number of nitrogens with one attached hydrogen (secondary N) is 2. The van der Waals surface area contributed by atoms with E-state index in [4.69, 9.17) is 4.74 Å².